The zero-order valence-corrected chi connectivity index (χ0v) is 17.6. The Kier molecular flexibility index (Phi) is 6.83. The summed E-state index contributed by atoms with van der Waals surface area (Å²) >= 11 is 13.0. The van der Waals surface area contributed by atoms with Crippen LogP contribution in [0.4, 0.5) is 0 Å². The Bertz CT molecular complexity index is 995. The number of benzene rings is 4. The Morgan fingerprint density at radius 3 is 1.13 bits per heavy atom. The van der Waals surface area contributed by atoms with E-state index in [1.807, 2.05) is 109 Å². The van der Waals surface area contributed by atoms with E-state index >= 15 is 0 Å². The predicted octanol–water partition coefficient (Wildman–Crippen LogP) is 7.82. The van der Waals surface area contributed by atoms with Crippen molar-refractivity contribution in [2.45, 2.75) is 12.2 Å². The first-order chi connectivity index (χ1) is 14.7. The zero-order valence-electron chi connectivity index (χ0n) is 16.1. The van der Waals surface area contributed by atoms with Gasteiger partial charge in [-0.2, -0.15) is 0 Å². The molecule has 4 aromatic carbocycles. The second-order valence-corrected chi connectivity index (χ2v) is 7.63. The van der Waals surface area contributed by atoms with Crippen LogP contribution < -0.4 is 0 Å². The van der Waals surface area contributed by atoms with Gasteiger partial charge in [0.05, 0.1) is 0 Å². The van der Waals surface area contributed by atoms with E-state index in [-0.39, 0.29) is 0 Å². The van der Waals surface area contributed by atoms with Crippen LogP contribution in [-0.2, 0) is 9.78 Å². The molecule has 0 aliphatic carbocycles. The van der Waals surface area contributed by atoms with Gasteiger partial charge in [-0.1, -0.05) is 120 Å². The highest BCUT2D eigenvalue weighted by molar-refractivity contribution is 6.31. The highest BCUT2D eigenvalue weighted by Gasteiger charge is 2.24. The molecule has 4 aromatic rings. The molecule has 0 radical (unpaired) electrons. The number of hydrogen-bond acceptors (Lipinski definition) is 2. The van der Waals surface area contributed by atoms with Gasteiger partial charge in [-0.3, -0.25) is 0 Å². The Labute approximate surface area is 186 Å². The maximum absolute atomic E-state index is 6.49. The number of hydrogen-bond donors (Lipinski definition) is 0. The lowest BCUT2D eigenvalue weighted by Gasteiger charge is -2.24. The van der Waals surface area contributed by atoms with Gasteiger partial charge >= 0.3 is 0 Å². The Morgan fingerprint density at radius 1 is 0.433 bits per heavy atom. The van der Waals surface area contributed by atoms with Crippen LogP contribution in [0.25, 0.3) is 0 Å². The van der Waals surface area contributed by atoms with E-state index < -0.39 is 12.2 Å². The van der Waals surface area contributed by atoms with Crippen molar-refractivity contribution in [1.82, 2.24) is 0 Å². The Hall–Kier alpha value is -2.62. The van der Waals surface area contributed by atoms with Gasteiger partial charge in [0.2, 0.25) is 0 Å². The molecule has 4 rings (SSSR count). The van der Waals surface area contributed by atoms with E-state index in [0.29, 0.717) is 10.0 Å². The molecule has 0 fully saturated rings. The molecular formula is C26H20Cl2O2. The van der Waals surface area contributed by atoms with Gasteiger partial charge in [0, 0.05) is 21.2 Å². The maximum atomic E-state index is 6.49. The smallest absolute Gasteiger partial charge is 0.144 e. The SMILES string of the molecule is Clc1ccccc1C(OOC(c1ccccc1)c1ccccc1Cl)c1ccccc1. The first-order valence-electron chi connectivity index (χ1n) is 9.65. The van der Waals surface area contributed by atoms with E-state index in [4.69, 9.17) is 33.0 Å². The third kappa shape index (κ3) is 4.75. The number of rotatable bonds is 7. The largest absolute Gasteiger partial charge is 0.223 e. The van der Waals surface area contributed by atoms with Gasteiger partial charge in [0.25, 0.3) is 0 Å². The normalized spacial score (nSPS) is 13.0. The molecule has 2 atom stereocenters. The molecule has 0 spiro atoms. The molecule has 0 aliphatic heterocycles. The third-order valence-corrected chi connectivity index (χ3v) is 5.52. The fraction of sp³-hybridized carbons (Fsp3) is 0.0769. The molecule has 2 nitrogen and oxygen atoms in total. The highest BCUT2D eigenvalue weighted by Crippen LogP contribution is 2.36. The second-order valence-electron chi connectivity index (χ2n) is 6.82. The highest BCUT2D eigenvalue weighted by atomic mass is 35.5. The van der Waals surface area contributed by atoms with Crippen LogP contribution in [0.15, 0.2) is 109 Å². The van der Waals surface area contributed by atoms with E-state index in [2.05, 4.69) is 0 Å². The van der Waals surface area contributed by atoms with Crippen molar-refractivity contribution in [3.05, 3.63) is 141 Å². The monoisotopic (exact) mass is 434 g/mol. The summed E-state index contributed by atoms with van der Waals surface area (Å²) < 4.78 is 0. The molecular weight excluding hydrogens is 415 g/mol. The first-order valence-corrected chi connectivity index (χ1v) is 10.4. The molecule has 2 unspecified atom stereocenters. The standard InChI is InChI=1S/C26H20Cl2O2/c27-23-17-9-7-15-21(23)25(19-11-3-1-4-12-19)29-30-26(20-13-5-2-6-14-20)22-16-8-10-18-24(22)28/h1-18,25-26H. The van der Waals surface area contributed by atoms with Gasteiger partial charge in [0.1, 0.15) is 12.2 Å². The lowest BCUT2D eigenvalue weighted by atomic mass is 10.0. The summed E-state index contributed by atoms with van der Waals surface area (Å²) in [5, 5.41) is 1.23. The Balaban J connectivity index is 1.70. The topological polar surface area (TPSA) is 18.5 Å². The molecule has 4 heteroatoms. The summed E-state index contributed by atoms with van der Waals surface area (Å²) in [6.07, 6.45) is -0.984. The van der Waals surface area contributed by atoms with Crippen LogP contribution in [-0.4, -0.2) is 0 Å². The van der Waals surface area contributed by atoms with Gasteiger partial charge < -0.3 is 0 Å². The minimum Gasteiger partial charge on any atom is -0.223 e. The molecule has 0 amide bonds. The lowest BCUT2D eigenvalue weighted by Crippen LogP contribution is -2.13. The fourth-order valence-corrected chi connectivity index (χ4v) is 3.79. The van der Waals surface area contributed by atoms with Crippen molar-refractivity contribution in [3.8, 4) is 0 Å². The third-order valence-electron chi connectivity index (χ3n) is 4.83. The minimum absolute atomic E-state index is 0.492. The summed E-state index contributed by atoms with van der Waals surface area (Å²) in [4.78, 5) is 12.2. The zero-order chi connectivity index (χ0) is 20.8. The molecule has 30 heavy (non-hydrogen) atoms. The fourth-order valence-electron chi connectivity index (χ4n) is 3.32. The molecule has 0 heterocycles. The van der Waals surface area contributed by atoms with Gasteiger partial charge in [-0.25, -0.2) is 9.78 Å². The molecule has 0 aromatic heterocycles. The van der Waals surface area contributed by atoms with Gasteiger partial charge in [-0.15, -0.1) is 0 Å². The number of halogens is 2. The second kappa shape index (κ2) is 9.92. The van der Waals surface area contributed by atoms with Crippen LogP contribution in [0.3, 0.4) is 0 Å². The van der Waals surface area contributed by atoms with Gasteiger partial charge in [0.15, 0.2) is 0 Å². The quantitative estimate of drug-likeness (QED) is 0.218. The summed E-state index contributed by atoms with van der Waals surface area (Å²) in [7, 11) is 0. The maximum Gasteiger partial charge on any atom is 0.144 e. The molecule has 0 bridgehead atoms. The van der Waals surface area contributed by atoms with E-state index in [0.717, 1.165) is 22.3 Å². The first kappa shape index (κ1) is 20.6. The summed E-state index contributed by atoms with van der Waals surface area (Å²) in [5.41, 5.74) is 3.54. The van der Waals surface area contributed by atoms with Crippen LogP contribution in [0.2, 0.25) is 10.0 Å². The average Bonchev–Trinajstić information content (AvgIpc) is 2.80. The molecule has 0 N–H and O–H groups in total. The summed E-state index contributed by atoms with van der Waals surface area (Å²) in [6, 6.07) is 35.0. The molecule has 0 saturated carbocycles. The summed E-state index contributed by atoms with van der Waals surface area (Å²) in [5.74, 6) is 0. The van der Waals surface area contributed by atoms with E-state index in [1.54, 1.807) is 0 Å². The Morgan fingerprint density at radius 2 is 0.767 bits per heavy atom. The van der Waals surface area contributed by atoms with Crippen LogP contribution in [0, 0.1) is 0 Å². The summed E-state index contributed by atoms with van der Waals surface area (Å²) in [6.45, 7) is 0. The van der Waals surface area contributed by atoms with Crippen molar-refractivity contribution >= 4 is 23.2 Å². The van der Waals surface area contributed by atoms with Crippen molar-refractivity contribution in [1.29, 1.82) is 0 Å². The molecule has 0 aliphatic rings. The lowest BCUT2D eigenvalue weighted by molar-refractivity contribution is -0.340. The van der Waals surface area contributed by atoms with E-state index in [1.165, 1.54) is 0 Å². The van der Waals surface area contributed by atoms with Crippen molar-refractivity contribution < 1.29 is 9.78 Å². The molecule has 150 valence electrons. The van der Waals surface area contributed by atoms with Crippen molar-refractivity contribution in [2.75, 3.05) is 0 Å². The average molecular weight is 435 g/mol. The van der Waals surface area contributed by atoms with Crippen molar-refractivity contribution in [3.63, 3.8) is 0 Å². The molecule has 0 saturated heterocycles. The minimum atomic E-state index is -0.492. The van der Waals surface area contributed by atoms with E-state index in [9.17, 15) is 0 Å². The van der Waals surface area contributed by atoms with Crippen LogP contribution in [0.1, 0.15) is 34.5 Å². The van der Waals surface area contributed by atoms with Gasteiger partial charge in [-0.05, 0) is 23.3 Å². The van der Waals surface area contributed by atoms with Crippen LogP contribution >= 0.6 is 23.2 Å². The van der Waals surface area contributed by atoms with Crippen LogP contribution in [0.5, 0.6) is 0 Å². The predicted molar refractivity (Wildman–Crippen MR) is 122 cm³/mol. The van der Waals surface area contributed by atoms with Crippen molar-refractivity contribution in [2.24, 2.45) is 0 Å².